The minimum absolute atomic E-state index is 0.0368. The largest absolute Gasteiger partial charge is 0.309 e. The molecule has 0 aliphatic heterocycles. The van der Waals surface area contributed by atoms with Crippen LogP contribution in [-0.4, -0.2) is 21.1 Å². The van der Waals surface area contributed by atoms with Gasteiger partial charge in [-0.15, -0.1) is 11.3 Å². The number of nitrogens with one attached hydrogen (secondary N) is 2. The second-order valence-electron chi connectivity index (χ2n) is 6.18. The zero-order valence-corrected chi connectivity index (χ0v) is 12.5. The summed E-state index contributed by atoms with van der Waals surface area (Å²) in [5.41, 5.74) is 2.93. The van der Waals surface area contributed by atoms with Gasteiger partial charge in [0.1, 0.15) is 0 Å². The number of H-pyrrole nitrogens is 1. The molecule has 21 heavy (non-hydrogen) atoms. The summed E-state index contributed by atoms with van der Waals surface area (Å²) in [4.78, 5) is 16.9. The average molecular weight is 302 g/mol. The third kappa shape index (κ3) is 2.60. The molecule has 2 aliphatic carbocycles. The van der Waals surface area contributed by atoms with Crippen LogP contribution in [0.25, 0.3) is 0 Å². The van der Waals surface area contributed by atoms with E-state index in [2.05, 4.69) is 20.5 Å². The molecule has 3 unspecified atom stereocenters. The van der Waals surface area contributed by atoms with Crippen molar-refractivity contribution in [3.8, 4) is 0 Å². The van der Waals surface area contributed by atoms with E-state index >= 15 is 0 Å². The quantitative estimate of drug-likeness (QED) is 0.912. The molecule has 6 heteroatoms. The Hall–Kier alpha value is -1.69. The van der Waals surface area contributed by atoms with Crippen LogP contribution in [0, 0.1) is 11.8 Å². The highest BCUT2D eigenvalue weighted by molar-refractivity contribution is 7.09. The predicted molar refractivity (Wildman–Crippen MR) is 81.2 cm³/mol. The number of thiazole rings is 1. The van der Waals surface area contributed by atoms with Crippen molar-refractivity contribution >= 4 is 23.1 Å². The van der Waals surface area contributed by atoms with E-state index in [1.807, 2.05) is 6.07 Å². The van der Waals surface area contributed by atoms with Crippen LogP contribution in [-0.2, 0) is 11.2 Å². The van der Waals surface area contributed by atoms with Gasteiger partial charge in [-0.25, -0.2) is 0 Å². The zero-order chi connectivity index (χ0) is 14.2. The first-order chi connectivity index (χ1) is 10.3. The van der Waals surface area contributed by atoms with Gasteiger partial charge in [0.05, 0.1) is 11.9 Å². The Morgan fingerprint density at radius 3 is 3.10 bits per heavy atom. The number of rotatable bonds is 4. The van der Waals surface area contributed by atoms with Crippen molar-refractivity contribution in [1.82, 2.24) is 15.2 Å². The molecule has 2 saturated carbocycles. The van der Waals surface area contributed by atoms with Crippen LogP contribution in [0.4, 0.5) is 5.82 Å². The third-order valence-corrected chi connectivity index (χ3v) is 5.60. The Morgan fingerprint density at radius 2 is 2.38 bits per heavy atom. The lowest BCUT2D eigenvalue weighted by molar-refractivity contribution is -0.115. The average Bonchev–Trinajstić information content (AvgIpc) is 3.23. The first-order valence-corrected chi connectivity index (χ1v) is 8.38. The SMILES string of the molecule is O=C(Cc1cncs1)Nc1cc(C2CC3CCC2C3)[nH]n1. The standard InChI is InChI=1S/C15H18N4OS/c20-15(5-11-7-16-8-21-11)17-14-6-13(18-19-14)12-4-9-1-2-10(12)3-9/h6-10,12H,1-5H2,(H2,17,18,19,20). The fourth-order valence-corrected chi connectivity index (χ4v) is 4.48. The molecule has 2 heterocycles. The first-order valence-electron chi connectivity index (χ1n) is 7.50. The number of hydrogen-bond donors (Lipinski definition) is 2. The molecule has 3 atom stereocenters. The fraction of sp³-hybridized carbons (Fsp3) is 0.533. The maximum absolute atomic E-state index is 12.0. The minimum atomic E-state index is -0.0368. The molecule has 2 bridgehead atoms. The van der Waals surface area contributed by atoms with Gasteiger partial charge < -0.3 is 5.32 Å². The Morgan fingerprint density at radius 1 is 1.43 bits per heavy atom. The van der Waals surface area contributed by atoms with E-state index in [9.17, 15) is 4.79 Å². The molecule has 0 saturated heterocycles. The van der Waals surface area contributed by atoms with E-state index in [1.165, 1.54) is 42.7 Å². The molecule has 2 aromatic rings. The Labute approximate surface area is 127 Å². The molecule has 2 aliphatic rings. The van der Waals surface area contributed by atoms with Crippen LogP contribution in [0.15, 0.2) is 17.8 Å². The lowest BCUT2D eigenvalue weighted by Crippen LogP contribution is -2.14. The summed E-state index contributed by atoms with van der Waals surface area (Å²) in [5, 5.41) is 10.2. The number of fused-ring (bicyclic) bond motifs is 2. The molecule has 0 spiro atoms. The minimum Gasteiger partial charge on any atom is -0.309 e. The van der Waals surface area contributed by atoms with Crippen molar-refractivity contribution in [2.24, 2.45) is 11.8 Å². The highest BCUT2D eigenvalue weighted by Crippen LogP contribution is 2.52. The topological polar surface area (TPSA) is 70.7 Å². The van der Waals surface area contributed by atoms with Crippen LogP contribution in [0.5, 0.6) is 0 Å². The molecular weight excluding hydrogens is 284 g/mol. The summed E-state index contributed by atoms with van der Waals surface area (Å²) in [7, 11) is 0. The monoisotopic (exact) mass is 302 g/mol. The highest BCUT2D eigenvalue weighted by Gasteiger charge is 2.40. The maximum atomic E-state index is 12.0. The summed E-state index contributed by atoms with van der Waals surface area (Å²) in [6.07, 6.45) is 7.49. The van der Waals surface area contributed by atoms with Gasteiger partial charge in [-0.1, -0.05) is 6.42 Å². The Bertz CT molecular complexity index is 636. The van der Waals surface area contributed by atoms with Crippen LogP contribution in [0.3, 0.4) is 0 Å². The Balaban J connectivity index is 1.39. The van der Waals surface area contributed by atoms with Crippen molar-refractivity contribution in [2.75, 3.05) is 5.32 Å². The van der Waals surface area contributed by atoms with Gasteiger partial charge in [0.2, 0.25) is 5.91 Å². The molecule has 2 fully saturated rings. The number of carbonyl (C=O) groups excluding carboxylic acids is 1. The van der Waals surface area contributed by atoms with E-state index in [1.54, 1.807) is 11.7 Å². The Kier molecular flexibility index (Phi) is 3.25. The van der Waals surface area contributed by atoms with E-state index in [0.29, 0.717) is 18.2 Å². The first kappa shape index (κ1) is 13.0. The maximum Gasteiger partial charge on any atom is 0.230 e. The van der Waals surface area contributed by atoms with Crippen LogP contribution in [0.2, 0.25) is 0 Å². The van der Waals surface area contributed by atoms with Crippen LogP contribution >= 0.6 is 11.3 Å². The van der Waals surface area contributed by atoms with Crippen molar-refractivity contribution in [1.29, 1.82) is 0 Å². The lowest BCUT2D eigenvalue weighted by Gasteiger charge is -2.19. The fourth-order valence-electron chi connectivity index (χ4n) is 3.89. The van der Waals surface area contributed by atoms with Gasteiger partial charge in [-0.3, -0.25) is 14.9 Å². The van der Waals surface area contributed by atoms with Crippen LogP contribution in [0.1, 0.15) is 42.2 Å². The van der Waals surface area contributed by atoms with Gasteiger partial charge in [0.15, 0.2) is 5.82 Å². The van der Waals surface area contributed by atoms with Gasteiger partial charge in [-0.2, -0.15) is 5.10 Å². The summed E-state index contributed by atoms with van der Waals surface area (Å²) in [6.45, 7) is 0. The number of nitrogens with zero attached hydrogens (tertiary/aromatic N) is 2. The van der Waals surface area contributed by atoms with E-state index in [-0.39, 0.29) is 5.91 Å². The second kappa shape index (κ2) is 5.26. The summed E-state index contributed by atoms with van der Waals surface area (Å²) in [6, 6.07) is 2.01. The lowest BCUT2D eigenvalue weighted by atomic mass is 9.86. The molecule has 0 radical (unpaired) electrons. The van der Waals surface area contributed by atoms with Crippen molar-refractivity contribution in [2.45, 2.75) is 38.0 Å². The second-order valence-corrected chi connectivity index (χ2v) is 7.15. The summed E-state index contributed by atoms with van der Waals surface area (Å²) in [5.74, 6) is 2.94. The number of carbonyl (C=O) groups is 1. The molecule has 2 aromatic heterocycles. The molecule has 110 valence electrons. The predicted octanol–water partition coefficient (Wildman–Crippen LogP) is 2.95. The highest BCUT2D eigenvalue weighted by atomic mass is 32.1. The van der Waals surface area contributed by atoms with Gasteiger partial charge in [-0.05, 0) is 31.1 Å². The number of aromatic amines is 1. The molecular formula is C15H18N4OS. The van der Waals surface area contributed by atoms with Crippen molar-refractivity contribution in [3.05, 3.63) is 28.3 Å². The number of hydrogen-bond acceptors (Lipinski definition) is 4. The smallest absolute Gasteiger partial charge is 0.230 e. The molecule has 2 N–H and O–H groups in total. The van der Waals surface area contributed by atoms with Crippen molar-refractivity contribution < 1.29 is 4.79 Å². The number of anilines is 1. The van der Waals surface area contributed by atoms with Gasteiger partial charge in [0.25, 0.3) is 0 Å². The zero-order valence-electron chi connectivity index (χ0n) is 11.7. The number of amides is 1. The molecule has 4 rings (SSSR count). The molecule has 5 nitrogen and oxygen atoms in total. The normalized spacial score (nSPS) is 27.1. The third-order valence-electron chi connectivity index (χ3n) is 4.82. The molecule has 0 aromatic carbocycles. The van der Waals surface area contributed by atoms with E-state index in [0.717, 1.165) is 16.7 Å². The van der Waals surface area contributed by atoms with E-state index < -0.39 is 0 Å². The molecule has 1 amide bonds. The summed E-state index contributed by atoms with van der Waals surface area (Å²) >= 11 is 1.50. The number of aromatic nitrogens is 3. The van der Waals surface area contributed by atoms with Gasteiger partial charge >= 0.3 is 0 Å². The van der Waals surface area contributed by atoms with Gasteiger partial charge in [0, 0.05) is 28.8 Å². The summed E-state index contributed by atoms with van der Waals surface area (Å²) < 4.78 is 0. The van der Waals surface area contributed by atoms with Crippen molar-refractivity contribution in [3.63, 3.8) is 0 Å². The van der Waals surface area contributed by atoms with E-state index in [4.69, 9.17) is 0 Å². The van der Waals surface area contributed by atoms with Crippen LogP contribution < -0.4 is 5.32 Å².